The van der Waals surface area contributed by atoms with Crippen LogP contribution in [-0.2, 0) is 6.42 Å². The molecule has 0 spiro atoms. The predicted molar refractivity (Wildman–Crippen MR) is 78.5 cm³/mol. The molecule has 17 heavy (non-hydrogen) atoms. The van der Waals surface area contributed by atoms with Gasteiger partial charge in [0, 0.05) is 5.92 Å². The summed E-state index contributed by atoms with van der Waals surface area (Å²) in [5.41, 5.74) is 6.95. The van der Waals surface area contributed by atoms with Gasteiger partial charge in [-0.2, -0.15) is 0 Å². The van der Waals surface area contributed by atoms with Crippen LogP contribution in [0.15, 0.2) is 42.1 Å². The second-order valence-electron chi connectivity index (χ2n) is 4.07. The molecule has 1 aromatic carbocycles. The van der Waals surface area contributed by atoms with Crippen LogP contribution in [0.1, 0.15) is 58.1 Å². The molecule has 1 aromatic rings. The predicted octanol–water partition coefficient (Wildman–Crippen LogP) is 5.50. The van der Waals surface area contributed by atoms with Crippen molar-refractivity contribution in [1.29, 1.82) is 0 Å². The summed E-state index contributed by atoms with van der Waals surface area (Å²) in [7, 11) is 0. The molecule has 0 heteroatoms. The van der Waals surface area contributed by atoms with Crippen molar-refractivity contribution < 1.29 is 0 Å². The van der Waals surface area contributed by atoms with Crippen LogP contribution < -0.4 is 0 Å². The lowest BCUT2D eigenvalue weighted by Crippen LogP contribution is -1.94. The fraction of sp³-hybridized carbons (Fsp3) is 0.471. The van der Waals surface area contributed by atoms with Crippen molar-refractivity contribution in [3.05, 3.63) is 53.3 Å². The first-order valence-electron chi connectivity index (χ1n) is 6.64. The zero-order chi connectivity index (χ0) is 13.3. The fourth-order valence-electron chi connectivity index (χ4n) is 1.66. The highest BCUT2D eigenvalue weighted by atomic mass is 14.1. The van der Waals surface area contributed by atoms with Crippen molar-refractivity contribution in [3.63, 3.8) is 0 Å². The molecule has 0 amide bonds. The first-order valence-corrected chi connectivity index (χ1v) is 6.64. The molecule has 0 fully saturated rings. The minimum atomic E-state index is 0.429. The summed E-state index contributed by atoms with van der Waals surface area (Å²) in [4.78, 5) is 0. The Morgan fingerprint density at radius 1 is 1.24 bits per heavy atom. The molecule has 0 aliphatic rings. The first kappa shape index (κ1) is 15.7. The van der Waals surface area contributed by atoms with E-state index in [4.69, 9.17) is 0 Å². The van der Waals surface area contributed by atoms with Crippen molar-refractivity contribution in [2.75, 3.05) is 0 Å². The molecule has 94 valence electrons. The van der Waals surface area contributed by atoms with E-state index in [2.05, 4.69) is 57.3 Å². The van der Waals surface area contributed by atoms with Gasteiger partial charge in [0.15, 0.2) is 0 Å². The molecule has 0 nitrogen and oxygen atoms in total. The standard InChI is InChI=1S/C15H20.C2H6/c1-5-7-14-8-10-15(11-9-14)13(4)12(3)6-2;1-2/h8-11,13H,2,5,7H2,1,3-4H3;1-2H3. The van der Waals surface area contributed by atoms with Gasteiger partial charge in [0.25, 0.3) is 0 Å². The quantitative estimate of drug-likeness (QED) is 0.599. The molecule has 0 saturated heterocycles. The molecule has 1 atom stereocenters. The van der Waals surface area contributed by atoms with Gasteiger partial charge in [-0.25, -0.2) is 0 Å². The summed E-state index contributed by atoms with van der Waals surface area (Å²) in [6, 6.07) is 8.89. The third-order valence-corrected chi connectivity index (χ3v) is 2.95. The second kappa shape index (κ2) is 8.84. The Bertz CT molecular complexity index is 350. The van der Waals surface area contributed by atoms with Crippen molar-refractivity contribution >= 4 is 0 Å². The summed E-state index contributed by atoms with van der Waals surface area (Å²) < 4.78 is 0. The SMILES string of the molecule is C=C=C(C)C(C)c1ccc(CCC)cc1.CC. The van der Waals surface area contributed by atoms with Crippen molar-refractivity contribution in [2.45, 2.75) is 53.4 Å². The number of benzene rings is 1. The molecule has 0 aromatic heterocycles. The van der Waals surface area contributed by atoms with Gasteiger partial charge in [0.1, 0.15) is 0 Å². The molecule has 1 unspecified atom stereocenters. The normalized spacial score (nSPS) is 10.9. The summed E-state index contributed by atoms with van der Waals surface area (Å²) in [5, 5.41) is 0. The summed E-state index contributed by atoms with van der Waals surface area (Å²) in [6.45, 7) is 14.2. The zero-order valence-corrected chi connectivity index (χ0v) is 12.0. The third kappa shape index (κ3) is 5.06. The van der Waals surface area contributed by atoms with Crippen LogP contribution in [0, 0.1) is 0 Å². The maximum absolute atomic E-state index is 3.69. The third-order valence-electron chi connectivity index (χ3n) is 2.95. The van der Waals surface area contributed by atoms with E-state index >= 15 is 0 Å². The maximum Gasteiger partial charge on any atom is 0.00927 e. The average molecular weight is 230 g/mol. The molecule has 1 rings (SSSR count). The topological polar surface area (TPSA) is 0 Å². The molecule has 0 radical (unpaired) electrons. The summed E-state index contributed by atoms with van der Waals surface area (Å²) >= 11 is 0. The van der Waals surface area contributed by atoms with Gasteiger partial charge in [-0.15, -0.1) is 5.73 Å². The Balaban J connectivity index is 0.00000121. The first-order chi connectivity index (χ1) is 8.19. The monoisotopic (exact) mass is 230 g/mol. The van der Waals surface area contributed by atoms with Gasteiger partial charge in [-0.1, -0.05) is 65.0 Å². The van der Waals surface area contributed by atoms with Gasteiger partial charge < -0.3 is 0 Å². The number of hydrogen-bond acceptors (Lipinski definition) is 0. The Morgan fingerprint density at radius 2 is 1.76 bits per heavy atom. The fourth-order valence-corrected chi connectivity index (χ4v) is 1.66. The van der Waals surface area contributed by atoms with E-state index in [1.165, 1.54) is 29.5 Å². The summed E-state index contributed by atoms with van der Waals surface area (Å²) in [5.74, 6) is 0.429. The number of aryl methyl sites for hydroxylation is 1. The molecule has 0 aliphatic carbocycles. The molecule has 0 aliphatic heterocycles. The minimum absolute atomic E-state index is 0.429. The van der Waals surface area contributed by atoms with E-state index in [0.29, 0.717) is 5.92 Å². The molecular formula is C17H26. The van der Waals surface area contributed by atoms with Crippen LogP contribution in [0.2, 0.25) is 0 Å². The van der Waals surface area contributed by atoms with Crippen LogP contribution in [0.4, 0.5) is 0 Å². The lowest BCUT2D eigenvalue weighted by atomic mass is 9.93. The maximum atomic E-state index is 3.69. The van der Waals surface area contributed by atoms with Gasteiger partial charge in [0.05, 0.1) is 0 Å². The average Bonchev–Trinajstić information content (AvgIpc) is 2.40. The number of hydrogen-bond donors (Lipinski definition) is 0. The Labute approximate surface area is 107 Å². The number of allylic oxidation sites excluding steroid dienone is 1. The molecule has 0 heterocycles. The van der Waals surface area contributed by atoms with E-state index < -0.39 is 0 Å². The Morgan fingerprint density at radius 3 is 2.18 bits per heavy atom. The van der Waals surface area contributed by atoms with Crippen LogP contribution in [0.25, 0.3) is 0 Å². The molecular weight excluding hydrogens is 204 g/mol. The van der Waals surface area contributed by atoms with Crippen LogP contribution in [0.3, 0.4) is 0 Å². The summed E-state index contributed by atoms with van der Waals surface area (Å²) in [6.07, 6.45) is 2.38. The minimum Gasteiger partial charge on any atom is -0.129 e. The van der Waals surface area contributed by atoms with E-state index in [0.717, 1.165) is 0 Å². The lowest BCUT2D eigenvalue weighted by Gasteiger charge is -2.11. The van der Waals surface area contributed by atoms with E-state index in [1.807, 2.05) is 13.8 Å². The van der Waals surface area contributed by atoms with Crippen LogP contribution in [-0.4, -0.2) is 0 Å². The number of rotatable bonds is 4. The van der Waals surface area contributed by atoms with Crippen molar-refractivity contribution in [2.24, 2.45) is 0 Å². The van der Waals surface area contributed by atoms with Crippen molar-refractivity contribution in [3.8, 4) is 0 Å². The highest BCUT2D eigenvalue weighted by molar-refractivity contribution is 5.30. The van der Waals surface area contributed by atoms with Gasteiger partial charge >= 0.3 is 0 Å². The Kier molecular flexibility index (Phi) is 8.19. The largest absolute Gasteiger partial charge is 0.129 e. The van der Waals surface area contributed by atoms with Crippen LogP contribution in [0.5, 0.6) is 0 Å². The molecule has 0 saturated carbocycles. The van der Waals surface area contributed by atoms with Crippen molar-refractivity contribution in [1.82, 2.24) is 0 Å². The van der Waals surface area contributed by atoms with E-state index in [1.54, 1.807) is 0 Å². The van der Waals surface area contributed by atoms with Gasteiger partial charge in [-0.3, -0.25) is 0 Å². The van der Waals surface area contributed by atoms with E-state index in [-0.39, 0.29) is 0 Å². The van der Waals surface area contributed by atoms with Crippen LogP contribution >= 0.6 is 0 Å². The second-order valence-corrected chi connectivity index (χ2v) is 4.07. The van der Waals surface area contributed by atoms with Gasteiger partial charge in [0.2, 0.25) is 0 Å². The zero-order valence-electron chi connectivity index (χ0n) is 12.0. The lowest BCUT2D eigenvalue weighted by molar-refractivity contribution is 0.886. The molecule has 0 bridgehead atoms. The Hall–Kier alpha value is -1.26. The highest BCUT2D eigenvalue weighted by Crippen LogP contribution is 2.22. The smallest absolute Gasteiger partial charge is 0.00927 e. The molecule has 0 N–H and O–H groups in total. The highest BCUT2D eigenvalue weighted by Gasteiger charge is 2.06. The van der Waals surface area contributed by atoms with Gasteiger partial charge in [-0.05, 0) is 30.0 Å². The van der Waals surface area contributed by atoms with E-state index in [9.17, 15) is 0 Å².